The first-order valence-electron chi connectivity index (χ1n) is 7.46. The number of ether oxygens (including phenoxy) is 1. The van der Waals surface area contributed by atoms with Crippen molar-refractivity contribution < 1.29 is 18.7 Å². The Morgan fingerprint density at radius 2 is 1.88 bits per heavy atom. The van der Waals surface area contributed by atoms with E-state index in [2.05, 4.69) is 10.6 Å². The van der Waals surface area contributed by atoms with Gasteiger partial charge in [0.1, 0.15) is 23.9 Å². The van der Waals surface area contributed by atoms with Crippen LogP contribution >= 0.6 is 11.6 Å². The summed E-state index contributed by atoms with van der Waals surface area (Å²) in [7, 11) is 0. The Morgan fingerprint density at radius 1 is 1.17 bits per heavy atom. The van der Waals surface area contributed by atoms with Crippen LogP contribution in [0.4, 0.5) is 0 Å². The SMILES string of the molecule is Cc1cc(C(=O)NCC(=O)NCCOc2ccc(Cl)cc2)c(C)o1. The number of aryl methyl sites for hydroxylation is 2. The number of hydrogen-bond acceptors (Lipinski definition) is 4. The quantitative estimate of drug-likeness (QED) is 0.752. The van der Waals surface area contributed by atoms with Gasteiger partial charge in [-0.3, -0.25) is 9.59 Å². The average molecular weight is 351 g/mol. The van der Waals surface area contributed by atoms with Crippen LogP contribution in [0, 0.1) is 13.8 Å². The van der Waals surface area contributed by atoms with Gasteiger partial charge < -0.3 is 19.8 Å². The van der Waals surface area contributed by atoms with Crippen LogP contribution in [0.3, 0.4) is 0 Å². The van der Waals surface area contributed by atoms with Gasteiger partial charge in [-0.1, -0.05) is 11.6 Å². The summed E-state index contributed by atoms with van der Waals surface area (Å²) in [6, 6.07) is 8.59. The third kappa shape index (κ3) is 5.31. The van der Waals surface area contributed by atoms with Crippen molar-refractivity contribution in [2.24, 2.45) is 0 Å². The van der Waals surface area contributed by atoms with Crippen molar-refractivity contribution in [1.82, 2.24) is 10.6 Å². The largest absolute Gasteiger partial charge is 0.492 e. The molecule has 0 saturated heterocycles. The standard InChI is InChI=1S/C17H19ClN2O4/c1-11-9-15(12(2)24-11)17(22)20-10-16(21)19-7-8-23-14-5-3-13(18)4-6-14/h3-6,9H,7-8,10H2,1-2H3,(H,19,21)(H,20,22). The number of furan rings is 1. The average Bonchev–Trinajstić information content (AvgIpc) is 2.89. The van der Waals surface area contributed by atoms with Gasteiger partial charge in [-0.05, 0) is 44.2 Å². The van der Waals surface area contributed by atoms with E-state index in [0.717, 1.165) is 0 Å². The van der Waals surface area contributed by atoms with Crippen molar-refractivity contribution in [2.75, 3.05) is 19.7 Å². The molecule has 0 aliphatic heterocycles. The number of hydrogen-bond donors (Lipinski definition) is 2. The Kier molecular flexibility index (Phi) is 6.26. The van der Waals surface area contributed by atoms with E-state index >= 15 is 0 Å². The molecule has 2 rings (SSSR count). The number of rotatable bonds is 7. The Bertz CT molecular complexity index is 710. The van der Waals surface area contributed by atoms with Crippen LogP contribution in [-0.2, 0) is 4.79 Å². The van der Waals surface area contributed by atoms with E-state index < -0.39 is 0 Å². The first-order valence-corrected chi connectivity index (χ1v) is 7.84. The fourth-order valence-corrected chi connectivity index (χ4v) is 2.19. The molecule has 0 radical (unpaired) electrons. The second-order valence-corrected chi connectivity index (χ2v) is 5.60. The van der Waals surface area contributed by atoms with Crippen LogP contribution in [0.5, 0.6) is 5.75 Å². The molecule has 128 valence electrons. The maximum atomic E-state index is 11.9. The lowest BCUT2D eigenvalue weighted by atomic mass is 10.2. The molecule has 7 heteroatoms. The van der Waals surface area contributed by atoms with E-state index in [1.807, 2.05) is 0 Å². The molecule has 1 aromatic carbocycles. The molecule has 0 aliphatic rings. The van der Waals surface area contributed by atoms with Crippen molar-refractivity contribution in [2.45, 2.75) is 13.8 Å². The van der Waals surface area contributed by atoms with Crippen LogP contribution in [0.2, 0.25) is 5.02 Å². The van der Waals surface area contributed by atoms with E-state index in [1.54, 1.807) is 44.2 Å². The number of halogens is 1. The van der Waals surface area contributed by atoms with Gasteiger partial charge in [-0.15, -0.1) is 0 Å². The Labute approximate surface area is 145 Å². The second-order valence-electron chi connectivity index (χ2n) is 5.16. The topological polar surface area (TPSA) is 80.6 Å². The van der Waals surface area contributed by atoms with Gasteiger partial charge in [-0.2, -0.15) is 0 Å². The van der Waals surface area contributed by atoms with Gasteiger partial charge in [0, 0.05) is 5.02 Å². The minimum atomic E-state index is -0.336. The summed E-state index contributed by atoms with van der Waals surface area (Å²) in [4.78, 5) is 23.6. The molecule has 0 saturated carbocycles. The number of carbonyl (C=O) groups is 2. The molecule has 24 heavy (non-hydrogen) atoms. The first-order chi connectivity index (χ1) is 11.5. The fraction of sp³-hybridized carbons (Fsp3) is 0.294. The Balaban J connectivity index is 1.65. The molecule has 1 heterocycles. The van der Waals surface area contributed by atoms with Crippen molar-refractivity contribution in [3.8, 4) is 5.75 Å². The van der Waals surface area contributed by atoms with Crippen LogP contribution in [0.1, 0.15) is 21.9 Å². The van der Waals surface area contributed by atoms with Gasteiger partial charge in [0.2, 0.25) is 5.91 Å². The van der Waals surface area contributed by atoms with E-state index in [9.17, 15) is 9.59 Å². The van der Waals surface area contributed by atoms with Crippen LogP contribution < -0.4 is 15.4 Å². The lowest BCUT2D eigenvalue weighted by molar-refractivity contribution is -0.120. The molecule has 6 nitrogen and oxygen atoms in total. The van der Waals surface area contributed by atoms with E-state index in [0.29, 0.717) is 41.0 Å². The lowest BCUT2D eigenvalue weighted by Crippen LogP contribution is -2.38. The van der Waals surface area contributed by atoms with Crippen molar-refractivity contribution >= 4 is 23.4 Å². The summed E-state index contributed by atoms with van der Waals surface area (Å²) in [6.45, 7) is 4.01. The summed E-state index contributed by atoms with van der Waals surface area (Å²) in [5.74, 6) is 1.23. The van der Waals surface area contributed by atoms with Crippen LogP contribution in [0.15, 0.2) is 34.7 Å². The van der Waals surface area contributed by atoms with Crippen molar-refractivity contribution in [1.29, 1.82) is 0 Å². The van der Waals surface area contributed by atoms with Gasteiger partial charge in [0.05, 0.1) is 18.7 Å². The zero-order valence-corrected chi connectivity index (χ0v) is 14.3. The summed E-state index contributed by atoms with van der Waals surface area (Å²) in [5.41, 5.74) is 0.436. The van der Waals surface area contributed by atoms with Gasteiger partial charge >= 0.3 is 0 Å². The monoisotopic (exact) mass is 350 g/mol. The summed E-state index contributed by atoms with van der Waals surface area (Å²) in [6.07, 6.45) is 0. The molecule has 1 aromatic heterocycles. The van der Waals surface area contributed by atoms with Crippen LogP contribution in [-0.4, -0.2) is 31.5 Å². The molecular weight excluding hydrogens is 332 g/mol. The highest BCUT2D eigenvalue weighted by atomic mass is 35.5. The predicted octanol–water partition coefficient (Wildman–Crippen LogP) is 2.47. The molecule has 0 unspecified atom stereocenters. The highest BCUT2D eigenvalue weighted by Crippen LogP contribution is 2.15. The maximum Gasteiger partial charge on any atom is 0.255 e. The van der Waals surface area contributed by atoms with Crippen molar-refractivity contribution in [3.63, 3.8) is 0 Å². The predicted molar refractivity (Wildman–Crippen MR) is 90.5 cm³/mol. The highest BCUT2D eigenvalue weighted by molar-refractivity contribution is 6.30. The number of amides is 2. The maximum absolute atomic E-state index is 11.9. The van der Waals surface area contributed by atoms with Gasteiger partial charge in [0.15, 0.2) is 0 Å². The molecule has 0 atom stereocenters. The minimum absolute atomic E-state index is 0.108. The molecule has 0 aliphatic carbocycles. The smallest absolute Gasteiger partial charge is 0.255 e. The number of nitrogens with one attached hydrogen (secondary N) is 2. The van der Waals surface area contributed by atoms with Crippen molar-refractivity contribution in [3.05, 3.63) is 52.4 Å². The first kappa shape index (κ1) is 17.9. The Hall–Kier alpha value is -2.47. The van der Waals surface area contributed by atoms with Crippen LogP contribution in [0.25, 0.3) is 0 Å². The van der Waals surface area contributed by atoms with Gasteiger partial charge in [0.25, 0.3) is 5.91 Å². The second kappa shape index (κ2) is 8.40. The summed E-state index contributed by atoms with van der Waals surface area (Å²) >= 11 is 5.78. The molecule has 0 bridgehead atoms. The molecule has 2 N–H and O–H groups in total. The summed E-state index contributed by atoms with van der Waals surface area (Å²) < 4.78 is 10.7. The van der Waals surface area contributed by atoms with E-state index in [4.69, 9.17) is 20.8 Å². The third-order valence-electron chi connectivity index (χ3n) is 3.20. The molecule has 2 aromatic rings. The zero-order chi connectivity index (χ0) is 17.5. The summed E-state index contributed by atoms with van der Waals surface area (Å²) in [5, 5.41) is 5.85. The fourth-order valence-electron chi connectivity index (χ4n) is 2.06. The molecule has 0 spiro atoms. The molecule has 2 amide bonds. The van der Waals surface area contributed by atoms with E-state index in [-0.39, 0.29) is 18.4 Å². The number of carbonyl (C=O) groups excluding carboxylic acids is 2. The highest BCUT2D eigenvalue weighted by Gasteiger charge is 2.14. The molecular formula is C17H19ClN2O4. The third-order valence-corrected chi connectivity index (χ3v) is 3.45. The van der Waals surface area contributed by atoms with E-state index in [1.165, 1.54) is 0 Å². The molecule has 0 fully saturated rings. The lowest BCUT2D eigenvalue weighted by Gasteiger charge is -2.08. The zero-order valence-electron chi connectivity index (χ0n) is 13.5. The normalized spacial score (nSPS) is 10.3. The number of benzene rings is 1. The van der Waals surface area contributed by atoms with Gasteiger partial charge in [-0.25, -0.2) is 0 Å². The minimum Gasteiger partial charge on any atom is -0.492 e. The Morgan fingerprint density at radius 3 is 2.50 bits per heavy atom.